The predicted molar refractivity (Wildman–Crippen MR) is 121 cm³/mol. The number of thiazole rings is 1. The third kappa shape index (κ3) is 5.13. The van der Waals surface area contributed by atoms with Crippen LogP contribution in [0.25, 0.3) is 11.3 Å². The molecule has 0 unspecified atom stereocenters. The molecule has 0 aliphatic carbocycles. The van der Waals surface area contributed by atoms with Crippen molar-refractivity contribution in [2.45, 2.75) is 13.5 Å². The number of aryl methyl sites for hydroxylation is 1. The zero-order valence-electron chi connectivity index (χ0n) is 17.3. The molecule has 1 amide bonds. The van der Waals surface area contributed by atoms with Crippen molar-refractivity contribution in [2.75, 3.05) is 18.6 Å². The standard InChI is InChI=1S/C24H22N2O4S/c1-17-5-3-6-20(13-17)30-15-23(27)26(14-21-7-4-12-29-21)24-25-22(16-31-24)18-8-10-19(28-2)11-9-18/h3-13,16H,14-15H2,1-2H3. The van der Waals surface area contributed by atoms with Gasteiger partial charge in [0, 0.05) is 10.9 Å². The highest BCUT2D eigenvalue weighted by atomic mass is 32.1. The van der Waals surface area contributed by atoms with Gasteiger partial charge in [0.1, 0.15) is 17.3 Å². The van der Waals surface area contributed by atoms with E-state index in [1.54, 1.807) is 24.3 Å². The number of methoxy groups -OCH3 is 1. The highest BCUT2D eigenvalue weighted by molar-refractivity contribution is 7.14. The molecule has 0 atom stereocenters. The molecule has 0 fully saturated rings. The van der Waals surface area contributed by atoms with Crippen LogP contribution >= 0.6 is 11.3 Å². The van der Waals surface area contributed by atoms with E-state index in [0.29, 0.717) is 16.6 Å². The number of hydrogen-bond acceptors (Lipinski definition) is 6. The lowest BCUT2D eigenvalue weighted by Gasteiger charge is -2.19. The maximum atomic E-state index is 13.1. The third-order valence-corrected chi connectivity index (χ3v) is 5.52. The first-order chi connectivity index (χ1) is 15.1. The molecular weight excluding hydrogens is 412 g/mol. The molecule has 2 aromatic heterocycles. The summed E-state index contributed by atoms with van der Waals surface area (Å²) in [6, 6.07) is 18.9. The number of ether oxygens (including phenoxy) is 2. The van der Waals surface area contributed by atoms with Gasteiger partial charge in [0.15, 0.2) is 11.7 Å². The van der Waals surface area contributed by atoms with Gasteiger partial charge in [-0.05, 0) is 61.0 Å². The maximum Gasteiger partial charge on any atom is 0.267 e. The molecule has 4 aromatic rings. The van der Waals surface area contributed by atoms with Crippen LogP contribution in [0.3, 0.4) is 0 Å². The van der Waals surface area contributed by atoms with Crippen molar-refractivity contribution >= 4 is 22.4 Å². The molecule has 0 spiro atoms. The summed E-state index contributed by atoms with van der Waals surface area (Å²) in [7, 11) is 1.63. The normalized spacial score (nSPS) is 10.6. The van der Waals surface area contributed by atoms with Crippen LogP contribution in [-0.2, 0) is 11.3 Å². The average Bonchev–Trinajstić information content (AvgIpc) is 3.48. The molecule has 6 nitrogen and oxygen atoms in total. The Morgan fingerprint density at radius 1 is 1.10 bits per heavy atom. The maximum absolute atomic E-state index is 13.1. The Bertz CT molecular complexity index is 1140. The van der Waals surface area contributed by atoms with Gasteiger partial charge in [0.05, 0.1) is 25.6 Å². The summed E-state index contributed by atoms with van der Waals surface area (Å²) in [5.41, 5.74) is 2.81. The molecule has 0 saturated carbocycles. The number of rotatable bonds is 8. The SMILES string of the molecule is COc1ccc(-c2csc(N(Cc3ccco3)C(=O)COc3cccc(C)c3)n2)cc1. The van der Waals surface area contributed by atoms with E-state index in [0.717, 1.165) is 22.6 Å². The molecule has 4 rings (SSSR count). The van der Waals surface area contributed by atoms with E-state index in [1.165, 1.54) is 11.3 Å². The number of anilines is 1. The summed E-state index contributed by atoms with van der Waals surface area (Å²) in [5, 5.41) is 2.51. The lowest BCUT2D eigenvalue weighted by atomic mass is 10.2. The number of amides is 1. The van der Waals surface area contributed by atoms with E-state index < -0.39 is 0 Å². The Morgan fingerprint density at radius 2 is 1.94 bits per heavy atom. The first-order valence-corrected chi connectivity index (χ1v) is 10.6. The monoisotopic (exact) mass is 434 g/mol. The van der Waals surface area contributed by atoms with E-state index in [1.807, 2.05) is 66.9 Å². The molecule has 2 aromatic carbocycles. The fourth-order valence-electron chi connectivity index (χ4n) is 3.03. The molecule has 0 bridgehead atoms. The molecule has 31 heavy (non-hydrogen) atoms. The number of carbonyl (C=O) groups excluding carboxylic acids is 1. The highest BCUT2D eigenvalue weighted by Gasteiger charge is 2.22. The Labute approximate surface area is 184 Å². The minimum absolute atomic E-state index is 0.0956. The minimum atomic E-state index is -0.200. The van der Waals surface area contributed by atoms with E-state index in [-0.39, 0.29) is 19.1 Å². The Balaban J connectivity index is 1.54. The largest absolute Gasteiger partial charge is 0.497 e. The van der Waals surface area contributed by atoms with Gasteiger partial charge in [0.25, 0.3) is 5.91 Å². The topological polar surface area (TPSA) is 64.8 Å². The van der Waals surface area contributed by atoms with Crippen molar-refractivity contribution in [3.8, 4) is 22.8 Å². The lowest BCUT2D eigenvalue weighted by molar-refractivity contribution is -0.120. The lowest BCUT2D eigenvalue weighted by Crippen LogP contribution is -2.34. The molecule has 0 aliphatic rings. The molecule has 0 saturated heterocycles. The van der Waals surface area contributed by atoms with Gasteiger partial charge in [-0.2, -0.15) is 0 Å². The van der Waals surface area contributed by atoms with E-state index in [2.05, 4.69) is 0 Å². The number of benzene rings is 2. The first kappa shape index (κ1) is 20.7. The van der Waals surface area contributed by atoms with E-state index in [4.69, 9.17) is 18.9 Å². The summed E-state index contributed by atoms with van der Waals surface area (Å²) in [5.74, 6) is 1.91. The second-order valence-corrected chi connectivity index (χ2v) is 7.74. The summed E-state index contributed by atoms with van der Waals surface area (Å²) in [6.07, 6.45) is 1.59. The van der Waals surface area contributed by atoms with Crippen LogP contribution in [0, 0.1) is 6.92 Å². The third-order valence-electron chi connectivity index (χ3n) is 4.66. The number of hydrogen-bond donors (Lipinski definition) is 0. The molecule has 7 heteroatoms. The van der Waals surface area contributed by atoms with Crippen LogP contribution in [-0.4, -0.2) is 24.6 Å². The van der Waals surface area contributed by atoms with Crippen LogP contribution in [0.4, 0.5) is 5.13 Å². The molecule has 0 N–H and O–H groups in total. The second-order valence-electron chi connectivity index (χ2n) is 6.91. The predicted octanol–water partition coefficient (Wildman–Crippen LogP) is 5.33. The molecular formula is C24H22N2O4S. The summed E-state index contributed by atoms with van der Waals surface area (Å²) >= 11 is 1.40. The molecule has 158 valence electrons. The molecule has 2 heterocycles. The van der Waals surface area contributed by atoms with Crippen molar-refractivity contribution in [1.29, 1.82) is 0 Å². The first-order valence-electron chi connectivity index (χ1n) is 9.74. The van der Waals surface area contributed by atoms with Crippen molar-refractivity contribution in [3.05, 3.63) is 83.6 Å². The van der Waals surface area contributed by atoms with Crippen molar-refractivity contribution in [1.82, 2.24) is 4.98 Å². The van der Waals surface area contributed by atoms with Gasteiger partial charge in [-0.15, -0.1) is 11.3 Å². The molecule has 0 aliphatic heterocycles. The van der Waals surface area contributed by atoms with Gasteiger partial charge >= 0.3 is 0 Å². The quantitative estimate of drug-likeness (QED) is 0.375. The van der Waals surface area contributed by atoms with Crippen LogP contribution in [0.15, 0.2) is 76.7 Å². The fraction of sp³-hybridized carbons (Fsp3) is 0.167. The second kappa shape index (κ2) is 9.49. The van der Waals surface area contributed by atoms with Gasteiger partial charge in [0.2, 0.25) is 0 Å². The van der Waals surface area contributed by atoms with Gasteiger partial charge in [-0.25, -0.2) is 4.98 Å². The minimum Gasteiger partial charge on any atom is -0.497 e. The summed E-state index contributed by atoms with van der Waals surface area (Å²) < 4.78 is 16.4. The Morgan fingerprint density at radius 3 is 2.65 bits per heavy atom. The summed E-state index contributed by atoms with van der Waals surface area (Å²) in [4.78, 5) is 19.3. The van der Waals surface area contributed by atoms with Crippen LogP contribution in [0.2, 0.25) is 0 Å². The van der Waals surface area contributed by atoms with E-state index >= 15 is 0 Å². The van der Waals surface area contributed by atoms with E-state index in [9.17, 15) is 4.79 Å². The van der Waals surface area contributed by atoms with Crippen molar-refractivity contribution in [2.24, 2.45) is 0 Å². The Kier molecular flexibility index (Phi) is 6.33. The number of nitrogens with zero attached hydrogens (tertiary/aromatic N) is 2. The number of aromatic nitrogens is 1. The Hall–Kier alpha value is -3.58. The van der Waals surface area contributed by atoms with Gasteiger partial charge in [-0.1, -0.05) is 12.1 Å². The van der Waals surface area contributed by atoms with Crippen LogP contribution < -0.4 is 14.4 Å². The fourth-order valence-corrected chi connectivity index (χ4v) is 3.88. The zero-order chi connectivity index (χ0) is 21.6. The smallest absolute Gasteiger partial charge is 0.267 e. The van der Waals surface area contributed by atoms with Crippen molar-refractivity contribution in [3.63, 3.8) is 0 Å². The number of furan rings is 1. The van der Waals surface area contributed by atoms with Crippen LogP contribution in [0.1, 0.15) is 11.3 Å². The summed E-state index contributed by atoms with van der Waals surface area (Å²) in [6.45, 7) is 2.16. The average molecular weight is 435 g/mol. The highest BCUT2D eigenvalue weighted by Crippen LogP contribution is 2.30. The number of carbonyl (C=O) groups is 1. The van der Waals surface area contributed by atoms with Gasteiger partial charge in [-0.3, -0.25) is 9.69 Å². The van der Waals surface area contributed by atoms with Gasteiger partial charge < -0.3 is 13.9 Å². The zero-order valence-corrected chi connectivity index (χ0v) is 18.1. The van der Waals surface area contributed by atoms with Crippen LogP contribution in [0.5, 0.6) is 11.5 Å². The van der Waals surface area contributed by atoms with Crippen molar-refractivity contribution < 1.29 is 18.7 Å². The molecule has 0 radical (unpaired) electrons.